The lowest BCUT2D eigenvalue weighted by molar-refractivity contribution is -0.0328. The van der Waals surface area contributed by atoms with E-state index in [2.05, 4.69) is 4.98 Å². The molecule has 0 spiro atoms. The van der Waals surface area contributed by atoms with E-state index >= 15 is 0 Å². The Labute approximate surface area is 129 Å². The Balaban J connectivity index is 2.04. The molecular formula is C14H14F3NOS2. The van der Waals surface area contributed by atoms with E-state index in [0.29, 0.717) is 12.0 Å². The van der Waals surface area contributed by atoms with Gasteiger partial charge in [0.2, 0.25) is 0 Å². The van der Waals surface area contributed by atoms with Crippen molar-refractivity contribution < 1.29 is 18.3 Å². The van der Waals surface area contributed by atoms with Crippen LogP contribution in [0.15, 0.2) is 29.2 Å². The van der Waals surface area contributed by atoms with Crippen LogP contribution in [0.5, 0.6) is 0 Å². The molecule has 2 aromatic rings. The van der Waals surface area contributed by atoms with E-state index in [1.807, 2.05) is 13.8 Å². The molecule has 21 heavy (non-hydrogen) atoms. The molecule has 2 rings (SSSR count). The van der Waals surface area contributed by atoms with Crippen molar-refractivity contribution in [3.8, 4) is 0 Å². The van der Waals surface area contributed by atoms with Gasteiger partial charge in [0.15, 0.2) is 0 Å². The zero-order chi connectivity index (χ0) is 15.6. The van der Waals surface area contributed by atoms with Gasteiger partial charge in [-0.15, -0.1) is 11.3 Å². The first-order chi connectivity index (χ1) is 9.74. The average Bonchev–Trinajstić information content (AvgIpc) is 2.67. The number of thioether (sulfide) groups is 1. The summed E-state index contributed by atoms with van der Waals surface area (Å²) >= 11 is 1.36. The quantitative estimate of drug-likeness (QED) is 0.827. The normalized spacial score (nSPS) is 13.4. The number of nitrogens with zero attached hydrogens (tertiary/aromatic N) is 1. The van der Waals surface area contributed by atoms with Gasteiger partial charge < -0.3 is 5.11 Å². The van der Waals surface area contributed by atoms with E-state index in [1.165, 1.54) is 35.6 Å². The van der Waals surface area contributed by atoms with Gasteiger partial charge >= 0.3 is 5.51 Å². The number of aliphatic hydroxyl groups excluding tert-OH is 1. The third kappa shape index (κ3) is 4.72. The fourth-order valence-corrected chi connectivity index (χ4v) is 3.31. The van der Waals surface area contributed by atoms with E-state index < -0.39 is 11.6 Å². The monoisotopic (exact) mass is 333 g/mol. The summed E-state index contributed by atoms with van der Waals surface area (Å²) in [6, 6.07) is 5.78. The average molecular weight is 333 g/mol. The molecule has 1 aromatic carbocycles. The third-order valence-corrected chi connectivity index (χ3v) is 4.77. The van der Waals surface area contributed by atoms with Crippen LogP contribution < -0.4 is 0 Å². The topological polar surface area (TPSA) is 33.1 Å². The lowest BCUT2D eigenvalue weighted by Crippen LogP contribution is -2.02. The molecule has 0 aliphatic heterocycles. The largest absolute Gasteiger partial charge is 0.446 e. The van der Waals surface area contributed by atoms with Crippen LogP contribution in [0.2, 0.25) is 0 Å². The van der Waals surface area contributed by atoms with Crippen molar-refractivity contribution in [1.29, 1.82) is 0 Å². The zero-order valence-corrected chi connectivity index (χ0v) is 13.1. The molecule has 0 bridgehead atoms. The SMILES string of the molecule is Cc1nc(CC(O)c2ccc(SC(F)(F)F)cc2)sc1C. The molecule has 1 atom stereocenters. The van der Waals surface area contributed by atoms with Crippen LogP contribution in [0, 0.1) is 13.8 Å². The maximum atomic E-state index is 12.2. The summed E-state index contributed by atoms with van der Waals surface area (Å²) in [4.78, 5) is 5.56. The first kappa shape index (κ1) is 16.3. The van der Waals surface area contributed by atoms with E-state index in [4.69, 9.17) is 0 Å². The molecule has 1 heterocycles. The van der Waals surface area contributed by atoms with Crippen molar-refractivity contribution in [1.82, 2.24) is 4.98 Å². The van der Waals surface area contributed by atoms with Gasteiger partial charge in [-0.1, -0.05) is 12.1 Å². The second-order valence-corrected chi connectivity index (χ2v) is 7.01. The number of aromatic nitrogens is 1. The fourth-order valence-electron chi connectivity index (χ4n) is 1.80. The summed E-state index contributed by atoms with van der Waals surface area (Å²) < 4.78 is 36.7. The van der Waals surface area contributed by atoms with E-state index in [1.54, 1.807) is 0 Å². The number of aliphatic hydroxyl groups is 1. The van der Waals surface area contributed by atoms with Gasteiger partial charge in [-0.05, 0) is 43.3 Å². The molecule has 0 saturated heterocycles. The van der Waals surface area contributed by atoms with Gasteiger partial charge in [-0.25, -0.2) is 4.98 Å². The van der Waals surface area contributed by atoms with Crippen molar-refractivity contribution in [2.45, 2.75) is 36.8 Å². The van der Waals surface area contributed by atoms with E-state index in [-0.39, 0.29) is 16.7 Å². The lowest BCUT2D eigenvalue weighted by atomic mass is 10.1. The van der Waals surface area contributed by atoms with Crippen molar-refractivity contribution >= 4 is 23.1 Å². The maximum Gasteiger partial charge on any atom is 0.446 e. The molecule has 0 radical (unpaired) electrons. The summed E-state index contributed by atoms with van der Waals surface area (Å²) in [5, 5.41) is 11.0. The number of benzene rings is 1. The van der Waals surface area contributed by atoms with Crippen LogP contribution in [0.4, 0.5) is 13.2 Å². The second kappa shape index (κ2) is 6.37. The van der Waals surface area contributed by atoms with Gasteiger partial charge in [-0.2, -0.15) is 13.2 Å². The first-order valence-electron chi connectivity index (χ1n) is 6.21. The molecule has 0 amide bonds. The number of halogens is 3. The molecule has 0 saturated carbocycles. The smallest absolute Gasteiger partial charge is 0.388 e. The minimum atomic E-state index is -4.30. The molecule has 0 aliphatic carbocycles. The van der Waals surface area contributed by atoms with Crippen LogP contribution in [-0.2, 0) is 6.42 Å². The highest BCUT2D eigenvalue weighted by atomic mass is 32.2. The fraction of sp³-hybridized carbons (Fsp3) is 0.357. The molecule has 2 nitrogen and oxygen atoms in total. The second-order valence-electron chi connectivity index (χ2n) is 4.59. The van der Waals surface area contributed by atoms with Crippen molar-refractivity contribution in [3.63, 3.8) is 0 Å². The highest BCUT2D eigenvalue weighted by Gasteiger charge is 2.29. The predicted octanol–water partition coefficient (Wildman–Crippen LogP) is 4.65. The summed E-state index contributed by atoms with van der Waals surface area (Å²) in [5.41, 5.74) is -2.76. The summed E-state index contributed by atoms with van der Waals surface area (Å²) in [6.45, 7) is 3.87. The summed E-state index contributed by atoms with van der Waals surface area (Å²) in [6.07, 6.45) is -0.398. The van der Waals surface area contributed by atoms with Crippen molar-refractivity contribution in [2.75, 3.05) is 0 Å². The molecular weight excluding hydrogens is 319 g/mol. The summed E-state index contributed by atoms with van der Waals surface area (Å²) in [5.74, 6) is 0. The zero-order valence-electron chi connectivity index (χ0n) is 11.4. The van der Waals surface area contributed by atoms with Crippen LogP contribution in [0.25, 0.3) is 0 Å². The number of aryl methyl sites for hydroxylation is 2. The highest BCUT2D eigenvalue weighted by molar-refractivity contribution is 8.00. The van der Waals surface area contributed by atoms with Gasteiger partial charge in [-0.3, -0.25) is 0 Å². The minimum absolute atomic E-state index is 0.111. The lowest BCUT2D eigenvalue weighted by Gasteiger charge is -2.10. The predicted molar refractivity (Wildman–Crippen MR) is 78.6 cm³/mol. The highest BCUT2D eigenvalue weighted by Crippen LogP contribution is 2.37. The maximum absolute atomic E-state index is 12.2. The van der Waals surface area contributed by atoms with Crippen LogP contribution >= 0.6 is 23.1 Å². The molecule has 0 fully saturated rings. The first-order valence-corrected chi connectivity index (χ1v) is 7.84. The van der Waals surface area contributed by atoms with Crippen molar-refractivity contribution in [3.05, 3.63) is 45.4 Å². The molecule has 1 aromatic heterocycles. The van der Waals surface area contributed by atoms with E-state index in [9.17, 15) is 18.3 Å². The summed E-state index contributed by atoms with van der Waals surface area (Å²) in [7, 11) is 0. The van der Waals surface area contributed by atoms with Crippen LogP contribution in [0.3, 0.4) is 0 Å². The van der Waals surface area contributed by atoms with Gasteiger partial charge in [0.1, 0.15) is 0 Å². The number of rotatable bonds is 4. The number of hydrogen-bond donors (Lipinski definition) is 1. The Morgan fingerprint density at radius 1 is 1.24 bits per heavy atom. The third-order valence-electron chi connectivity index (χ3n) is 2.94. The van der Waals surface area contributed by atoms with Gasteiger partial charge in [0.05, 0.1) is 16.8 Å². The van der Waals surface area contributed by atoms with Crippen molar-refractivity contribution in [2.24, 2.45) is 0 Å². The Hall–Kier alpha value is -1.05. The minimum Gasteiger partial charge on any atom is -0.388 e. The molecule has 1 unspecified atom stereocenters. The van der Waals surface area contributed by atoms with Gasteiger partial charge in [0, 0.05) is 16.2 Å². The standard InChI is InChI=1S/C14H14F3NOS2/c1-8-9(2)20-13(18-8)7-12(19)10-3-5-11(6-4-10)21-14(15,16)17/h3-6,12,19H,7H2,1-2H3. The Bertz CT molecular complexity index is 588. The number of alkyl halides is 3. The van der Waals surface area contributed by atoms with E-state index in [0.717, 1.165) is 15.6 Å². The number of thiazole rings is 1. The number of hydrogen-bond acceptors (Lipinski definition) is 4. The molecule has 1 N–H and O–H groups in total. The molecule has 114 valence electrons. The molecule has 0 aliphatic rings. The Morgan fingerprint density at radius 3 is 2.33 bits per heavy atom. The van der Waals surface area contributed by atoms with Gasteiger partial charge in [0.25, 0.3) is 0 Å². The Kier molecular flexibility index (Phi) is 4.95. The van der Waals surface area contributed by atoms with Crippen LogP contribution in [0.1, 0.15) is 27.2 Å². The van der Waals surface area contributed by atoms with Crippen LogP contribution in [-0.4, -0.2) is 15.6 Å². The molecule has 7 heteroatoms. The Morgan fingerprint density at radius 2 is 1.86 bits per heavy atom.